The molecule has 2 nitrogen and oxygen atoms in total. The lowest BCUT2D eigenvalue weighted by molar-refractivity contribution is 0.300. The zero-order valence-corrected chi connectivity index (χ0v) is 17.4. The molecule has 26 heavy (non-hydrogen) atoms. The molecule has 150 valence electrons. The Hall–Kier alpha value is -1.18. The second-order valence-electron chi connectivity index (χ2n) is 7.70. The molecule has 0 aliphatic rings. The Morgan fingerprint density at radius 1 is 0.692 bits per heavy atom. The van der Waals surface area contributed by atoms with Crippen molar-refractivity contribution in [2.75, 3.05) is 6.61 Å². The number of hydrogen-bond donors (Lipinski definition) is 1. The normalized spacial score (nSPS) is 11.0. The first-order valence-corrected chi connectivity index (χ1v) is 11.2. The molecular formula is C24H42O2. The second-order valence-corrected chi connectivity index (χ2v) is 7.70. The van der Waals surface area contributed by atoms with Crippen LogP contribution in [0, 0.1) is 6.92 Å². The maximum atomic E-state index is 9.66. The Kier molecular flexibility index (Phi) is 14.1. The van der Waals surface area contributed by atoms with Crippen LogP contribution in [0.3, 0.4) is 0 Å². The van der Waals surface area contributed by atoms with Crippen molar-refractivity contribution < 1.29 is 9.84 Å². The highest BCUT2D eigenvalue weighted by Crippen LogP contribution is 2.26. The van der Waals surface area contributed by atoms with Crippen molar-refractivity contribution in [1.29, 1.82) is 0 Å². The molecule has 0 aliphatic heterocycles. The molecular weight excluding hydrogens is 320 g/mol. The maximum absolute atomic E-state index is 9.66. The summed E-state index contributed by atoms with van der Waals surface area (Å²) in [4.78, 5) is 0. The molecule has 0 spiro atoms. The summed E-state index contributed by atoms with van der Waals surface area (Å²) in [6, 6.07) is 5.47. The van der Waals surface area contributed by atoms with Gasteiger partial charge in [0, 0.05) is 5.56 Å². The first kappa shape index (κ1) is 22.9. The van der Waals surface area contributed by atoms with Gasteiger partial charge in [-0.1, -0.05) is 103 Å². The van der Waals surface area contributed by atoms with Crippen LogP contribution in [0.15, 0.2) is 18.2 Å². The quantitative estimate of drug-likeness (QED) is 0.285. The summed E-state index contributed by atoms with van der Waals surface area (Å²) in [6.07, 6.45) is 20.7. The lowest BCUT2D eigenvalue weighted by Gasteiger charge is -2.09. The number of unbranched alkanes of at least 4 members (excludes halogenated alkanes) is 14. The fourth-order valence-corrected chi connectivity index (χ4v) is 3.41. The van der Waals surface area contributed by atoms with Gasteiger partial charge in [-0.2, -0.15) is 0 Å². The van der Waals surface area contributed by atoms with Crippen LogP contribution in [-0.2, 0) is 0 Å². The standard InChI is InChI=1S/C24H42O2/c1-3-4-5-6-7-8-9-10-11-12-13-14-15-16-17-21-26-24-20-18-19-23(25)22(24)2/h18-20,25H,3-17,21H2,1-2H3. The van der Waals surface area contributed by atoms with E-state index >= 15 is 0 Å². The molecule has 0 saturated heterocycles. The molecule has 0 radical (unpaired) electrons. The van der Waals surface area contributed by atoms with E-state index in [1.165, 1.54) is 89.9 Å². The van der Waals surface area contributed by atoms with Gasteiger partial charge in [0.2, 0.25) is 0 Å². The van der Waals surface area contributed by atoms with Crippen LogP contribution >= 0.6 is 0 Å². The van der Waals surface area contributed by atoms with E-state index in [1.54, 1.807) is 6.07 Å². The fourth-order valence-electron chi connectivity index (χ4n) is 3.41. The molecule has 0 aromatic heterocycles. The summed E-state index contributed by atoms with van der Waals surface area (Å²) < 4.78 is 5.77. The van der Waals surface area contributed by atoms with E-state index < -0.39 is 0 Å². The third-order valence-electron chi connectivity index (χ3n) is 5.26. The number of ether oxygens (including phenoxy) is 1. The molecule has 2 heteroatoms. The number of benzene rings is 1. The summed E-state index contributed by atoms with van der Waals surface area (Å²) >= 11 is 0. The molecule has 0 aliphatic carbocycles. The minimum atomic E-state index is 0.319. The minimum Gasteiger partial charge on any atom is -0.508 e. The van der Waals surface area contributed by atoms with E-state index in [4.69, 9.17) is 4.74 Å². The summed E-state index contributed by atoms with van der Waals surface area (Å²) in [5.41, 5.74) is 0.841. The van der Waals surface area contributed by atoms with Crippen molar-refractivity contribution in [2.24, 2.45) is 0 Å². The average molecular weight is 363 g/mol. The monoisotopic (exact) mass is 362 g/mol. The fraction of sp³-hybridized carbons (Fsp3) is 0.750. The number of aromatic hydroxyl groups is 1. The molecule has 0 unspecified atom stereocenters. The van der Waals surface area contributed by atoms with Crippen LogP contribution in [0.25, 0.3) is 0 Å². The summed E-state index contributed by atoms with van der Waals surface area (Å²) in [5.74, 6) is 1.13. The van der Waals surface area contributed by atoms with Gasteiger partial charge in [-0.05, 0) is 25.5 Å². The zero-order valence-electron chi connectivity index (χ0n) is 17.4. The summed E-state index contributed by atoms with van der Waals surface area (Å²) in [6.45, 7) is 4.94. The number of rotatable bonds is 17. The molecule has 0 heterocycles. The third-order valence-corrected chi connectivity index (χ3v) is 5.26. The molecule has 1 rings (SSSR count). The van der Waals surface area contributed by atoms with Crippen LogP contribution in [0.4, 0.5) is 0 Å². The lowest BCUT2D eigenvalue weighted by Crippen LogP contribution is -1.98. The van der Waals surface area contributed by atoms with Crippen LogP contribution in [0.5, 0.6) is 11.5 Å². The molecule has 1 aromatic rings. The van der Waals surface area contributed by atoms with Gasteiger partial charge in [0.25, 0.3) is 0 Å². The zero-order chi connectivity index (χ0) is 18.9. The van der Waals surface area contributed by atoms with Gasteiger partial charge in [-0.25, -0.2) is 0 Å². The van der Waals surface area contributed by atoms with Crippen molar-refractivity contribution in [2.45, 2.75) is 110 Å². The SMILES string of the molecule is CCCCCCCCCCCCCCCCCOc1cccc(O)c1C. The van der Waals surface area contributed by atoms with Crippen LogP contribution < -0.4 is 4.74 Å². The topological polar surface area (TPSA) is 29.5 Å². The van der Waals surface area contributed by atoms with Crippen LogP contribution in [0.2, 0.25) is 0 Å². The van der Waals surface area contributed by atoms with E-state index in [1.807, 2.05) is 19.1 Å². The van der Waals surface area contributed by atoms with Gasteiger partial charge in [-0.15, -0.1) is 0 Å². The van der Waals surface area contributed by atoms with Crippen LogP contribution in [-0.4, -0.2) is 11.7 Å². The first-order valence-electron chi connectivity index (χ1n) is 11.2. The number of phenolic OH excluding ortho intramolecular Hbond substituents is 1. The molecule has 0 bridgehead atoms. The van der Waals surface area contributed by atoms with Gasteiger partial charge >= 0.3 is 0 Å². The van der Waals surface area contributed by atoms with E-state index in [0.29, 0.717) is 5.75 Å². The predicted molar refractivity (Wildman–Crippen MR) is 113 cm³/mol. The highest BCUT2D eigenvalue weighted by Gasteiger charge is 2.03. The maximum Gasteiger partial charge on any atom is 0.125 e. The molecule has 1 N–H and O–H groups in total. The highest BCUT2D eigenvalue weighted by atomic mass is 16.5. The van der Waals surface area contributed by atoms with Gasteiger partial charge < -0.3 is 9.84 Å². The summed E-state index contributed by atoms with van der Waals surface area (Å²) in [5, 5.41) is 9.66. The first-order chi connectivity index (χ1) is 12.8. The molecule has 0 amide bonds. The smallest absolute Gasteiger partial charge is 0.125 e. The average Bonchev–Trinajstić information content (AvgIpc) is 2.64. The van der Waals surface area contributed by atoms with Crippen molar-refractivity contribution >= 4 is 0 Å². The summed E-state index contributed by atoms with van der Waals surface area (Å²) in [7, 11) is 0. The van der Waals surface area contributed by atoms with Crippen LogP contribution in [0.1, 0.15) is 109 Å². The van der Waals surface area contributed by atoms with Gasteiger partial charge in [-0.3, -0.25) is 0 Å². The largest absolute Gasteiger partial charge is 0.508 e. The second kappa shape index (κ2) is 16.0. The van der Waals surface area contributed by atoms with Gasteiger partial charge in [0.05, 0.1) is 6.61 Å². The Labute approximate surface area is 162 Å². The Bertz CT molecular complexity index is 442. The van der Waals surface area contributed by atoms with E-state index in [0.717, 1.165) is 24.3 Å². The molecule has 0 atom stereocenters. The van der Waals surface area contributed by atoms with E-state index in [9.17, 15) is 5.11 Å². The van der Waals surface area contributed by atoms with Gasteiger partial charge in [0.15, 0.2) is 0 Å². The van der Waals surface area contributed by atoms with Crippen molar-refractivity contribution in [3.8, 4) is 11.5 Å². The lowest BCUT2D eigenvalue weighted by atomic mass is 10.0. The van der Waals surface area contributed by atoms with Crippen molar-refractivity contribution in [3.05, 3.63) is 23.8 Å². The Balaban J connectivity index is 1.80. The predicted octanol–water partition coefficient (Wildman–Crippen LogP) is 7.95. The Morgan fingerprint density at radius 3 is 1.65 bits per heavy atom. The van der Waals surface area contributed by atoms with Crippen molar-refractivity contribution in [1.82, 2.24) is 0 Å². The molecule has 0 saturated carbocycles. The van der Waals surface area contributed by atoms with E-state index in [-0.39, 0.29) is 0 Å². The third kappa shape index (κ3) is 11.4. The van der Waals surface area contributed by atoms with Gasteiger partial charge in [0.1, 0.15) is 11.5 Å². The number of phenols is 1. The minimum absolute atomic E-state index is 0.319. The van der Waals surface area contributed by atoms with Crippen molar-refractivity contribution in [3.63, 3.8) is 0 Å². The number of hydrogen-bond acceptors (Lipinski definition) is 2. The molecule has 0 fully saturated rings. The Morgan fingerprint density at radius 2 is 1.15 bits per heavy atom. The molecule has 1 aromatic carbocycles. The highest BCUT2D eigenvalue weighted by molar-refractivity contribution is 5.42. The van der Waals surface area contributed by atoms with E-state index in [2.05, 4.69) is 6.92 Å².